The topological polar surface area (TPSA) is 95.9 Å². The second-order valence-electron chi connectivity index (χ2n) is 23.1. The van der Waals surface area contributed by atoms with Gasteiger partial charge in [-0.2, -0.15) is 0 Å². The van der Waals surface area contributed by atoms with Gasteiger partial charge in [-0.1, -0.05) is 313 Å². The number of esters is 1. The lowest BCUT2D eigenvalue weighted by molar-refractivity contribution is -0.143. The molecule has 0 rings (SSSR count). The van der Waals surface area contributed by atoms with Crippen molar-refractivity contribution in [2.75, 3.05) is 13.2 Å². The number of rotatable bonds is 63. The summed E-state index contributed by atoms with van der Waals surface area (Å²) in [5, 5.41) is 23.4. The molecule has 0 saturated carbocycles. The van der Waals surface area contributed by atoms with Crippen molar-refractivity contribution in [1.29, 1.82) is 0 Å². The van der Waals surface area contributed by atoms with Gasteiger partial charge in [-0.25, -0.2) is 0 Å². The molecule has 3 N–H and O–H groups in total. The Kier molecular flexibility index (Phi) is 63.5. The minimum absolute atomic E-state index is 0.00556. The van der Waals surface area contributed by atoms with Crippen molar-refractivity contribution < 1.29 is 24.5 Å². The van der Waals surface area contributed by atoms with E-state index < -0.39 is 12.1 Å². The van der Waals surface area contributed by atoms with Gasteiger partial charge in [0.1, 0.15) is 0 Å². The first-order chi connectivity index (χ1) is 37.5. The van der Waals surface area contributed by atoms with Gasteiger partial charge < -0.3 is 20.3 Å². The van der Waals surface area contributed by atoms with Gasteiger partial charge in [0.05, 0.1) is 25.4 Å². The van der Waals surface area contributed by atoms with Crippen LogP contribution in [-0.4, -0.2) is 47.4 Å². The molecule has 0 fully saturated rings. The Morgan fingerprint density at radius 3 is 1.04 bits per heavy atom. The van der Waals surface area contributed by atoms with E-state index in [1.165, 1.54) is 270 Å². The Labute approximate surface area is 474 Å². The number of carbonyl (C=O) groups is 2. The molecule has 0 aliphatic carbocycles. The predicted molar refractivity (Wildman–Crippen MR) is 333 cm³/mol. The molecule has 2 atom stereocenters. The van der Waals surface area contributed by atoms with E-state index in [1.54, 1.807) is 0 Å². The summed E-state index contributed by atoms with van der Waals surface area (Å²) in [5.41, 5.74) is 0. The number of ether oxygens (including phenoxy) is 1. The standard InChI is InChI=1S/C70H131NO5/c1-3-5-7-9-11-13-15-17-19-20-21-29-32-35-38-42-46-50-54-58-62-68(73)67(66-72)71-69(74)63-59-55-51-47-43-39-36-33-30-27-25-23-22-24-26-28-31-34-37-41-45-49-53-57-61-65-76-70(75)64-60-56-52-48-44-40-18-16-14-12-10-8-6-4-2/h10,12,16,18,23-26,67-68,72-73H,3-9,11,13-15,17,19-22,27-66H2,1-2H3,(H,71,74)/b12-10-,18-16-,25-23-,26-24-. The van der Waals surface area contributed by atoms with Crippen molar-refractivity contribution >= 4 is 11.9 Å². The SMILES string of the molecule is CCCC/C=C\C/C=C\CCCCCCCC(=O)OCCCCCCCCCCC/C=C\C/C=C\CCCCCCCCCCCC(=O)NC(CO)C(O)CCCCCCCCCCCCCCCCCCCCCC. The number of unbranched alkanes of at least 4 members (excludes halogenated alkanes) is 44. The summed E-state index contributed by atoms with van der Waals surface area (Å²) >= 11 is 0. The summed E-state index contributed by atoms with van der Waals surface area (Å²) in [6.07, 6.45) is 84.2. The van der Waals surface area contributed by atoms with Gasteiger partial charge in [0.25, 0.3) is 0 Å². The highest BCUT2D eigenvalue weighted by molar-refractivity contribution is 5.76. The zero-order valence-electron chi connectivity index (χ0n) is 51.0. The molecular weight excluding hydrogens is 935 g/mol. The highest BCUT2D eigenvalue weighted by Crippen LogP contribution is 2.18. The molecule has 446 valence electrons. The smallest absolute Gasteiger partial charge is 0.305 e. The molecule has 0 radical (unpaired) electrons. The van der Waals surface area contributed by atoms with Gasteiger partial charge in [-0.15, -0.1) is 0 Å². The zero-order valence-corrected chi connectivity index (χ0v) is 51.0. The molecule has 1 amide bonds. The number of allylic oxidation sites excluding steroid dienone is 8. The molecule has 0 aromatic rings. The minimum Gasteiger partial charge on any atom is -0.466 e. The number of aliphatic hydroxyl groups excluding tert-OH is 2. The van der Waals surface area contributed by atoms with Crippen LogP contribution in [0.4, 0.5) is 0 Å². The fourth-order valence-electron chi connectivity index (χ4n) is 10.4. The normalized spacial score (nSPS) is 12.8. The monoisotopic (exact) mass is 1070 g/mol. The summed E-state index contributed by atoms with van der Waals surface area (Å²) in [6, 6.07) is -0.548. The highest BCUT2D eigenvalue weighted by Gasteiger charge is 2.20. The Hall–Kier alpha value is -2.18. The van der Waals surface area contributed by atoms with E-state index >= 15 is 0 Å². The zero-order chi connectivity index (χ0) is 55.0. The van der Waals surface area contributed by atoms with Gasteiger partial charge in [-0.3, -0.25) is 9.59 Å². The number of hydrogen-bond donors (Lipinski definition) is 3. The summed E-state index contributed by atoms with van der Waals surface area (Å²) in [4.78, 5) is 24.6. The lowest BCUT2D eigenvalue weighted by Gasteiger charge is -2.22. The van der Waals surface area contributed by atoms with Crippen molar-refractivity contribution in [1.82, 2.24) is 5.32 Å². The first kappa shape index (κ1) is 73.8. The van der Waals surface area contributed by atoms with Crippen LogP contribution in [0, 0.1) is 0 Å². The molecule has 0 aromatic carbocycles. The molecule has 0 aliphatic rings. The van der Waals surface area contributed by atoms with Crippen LogP contribution in [0.3, 0.4) is 0 Å². The first-order valence-electron chi connectivity index (χ1n) is 33.9. The molecule has 6 heteroatoms. The van der Waals surface area contributed by atoms with Crippen LogP contribution >= 0.6 is 0 Å². The average molecular weight is 1070 g/mol. The van der Waals surface area contributed by atoms with E-state index in [0.29, 0.717) is 25.9 Å². The maximum atomic E-state index is 12.5. The molecule has 0 spiro atoms. The third kappa shape index (κ3) is 61.0. The van der Waals surface area contributed by atoms with E-state index in [9.17, 15) is 19.8 Å². The van der Waals surface area contributed by atoms with Crippen LogP contribution in [0.2, 0.25) is 0 Å². The van der Waals surface area contributed by atoms with Gasteiger partial charge in [0, 0.05) is 12.8 Å². The van der Waals surface area contributed by atoms with Gasteiger partial charge >= 0.3 is 5.97 Å². The van der Waals surface area contributed by atoms with Gasteiger partial charge in [-0.05, 0) is 83.5 Å². The van der Waals surface area contributed by atoms with Crippen LogP contribution in [-0.2, 0) is 14.3 Å². The molecule has 0 aliphatic heterocycles. The molecule has 76 heavy (non-hydrogen) atoms. The molecule has 0 bridgehead atoms. The number of amides is 1. The van der Waals surface area contributed by atoms with Gasteiger partial charge in [0.2, 0.25) is 5.91 Å². The predicted octanol–water partition coefficient (Wildman–Crippen LogP) is 21.7. The Bertz CT molecular complexity index is 1270. The number of aliphatic hydroxyl groups is 2. The van der Waals surface area contributed by atoms with E-state index in [1.807, 2.05) is 0 Å². The molecule has 0 aromatic heterocycles. The summed E-state index contributed by atoms with van der Waals surface area (Å²) in [5.74, 6) is -0.0440. The summed E-state index contributed by atoms with van der Waals surface area (Å²) < 4.78 is 5.47. The Balaban J connectivity index is 3.44. The maximum Gasteiger partial charge on any atom is 0.305 e. The van der Waals surface area contributed by atoms with Crippen LogP contribution in [0.15, 0.2) is 48.6 Å². The lowest BCUT2D eigenvalue weighted by Crippen LogP contribution is -2.45. The van der Waals surface area contributed by atoms with Crippen molar-refractivity contribution in [2.24, 2.45) is 0 Å². The number of hydrogen-bond acceptors (Lipinski definition) is 5. The van der Waals surface area contributed by atoms with E-state index in [2.05, 4.69) is 67.8 Å². The maximum absolute atomic E-state index is 12.5. The molecule has 6 nitrogen and oxygen atoms in total. The quantitative estimate of drug-likeness (QED) is 0.0320. The Morgan fingerprint density at radius 1 is 0.368 bits per heavy atom. The lowest BCUT2D eigenvalue weighted by atomic mass is 10.0. The van der Waals surface area contributed by atoms with E-state index in [4.69, 9.17) is 4.74 Å². The van der Waals surface area contributed by atoms with Crippen molar-refractivity contribution in [3.8, 4) is 0 Å². The molecule has 2 unspecified atom stereocenters. The van der Waals surface area contributed by atoms with E-state index in [-0.39, 0.29) is 18.5 Å². The highest BCUT2D eigenvalue weighted by atomic mass is 16.5. The fourth-order valence-corrected chi connectivity index (χ4v) is 10.4. The largest absolute Gasteiger partial charge is 0.466 e. The summed E-state index contributed by atoms with van der Waals surface area (Å²) in [7, 11) is 0. The third-order valence-electron chi connectivity index (χ3n) is 15.6. The van der Waals surface area contributed by atoms with E-state index in [0.717, 1.165) is 57.8 Å². The van der Waals surface area contributed by atoms with Gasteiger partial charge in [0.15, 0.2) is 0 Å². The minimum atomic E-state index is -0.670. The molecule has 0 heterocycles. The third-order valence-corrected chi connectivity index (χ3v) is 15.6. The van der Waals surface area contributed by atoms with Crippen molar-refractivity contribution in [3.05, 3.63) is 48.6 Å². The van der Waals surface area contributed by atoms with Crippen LogP contribution in [0.25, 0.3) is 0 Å². The number of carbonyl (C=O) groups excluding carboxylic acids is 2. The van der Waals surface area contributed by atoms with Crippen LogP contribution < -0.4 is 5.32 Å². The van der Waals surface area contributed by atoms with Crippen LogP contribution in [0.5, 0.6) is 0 Å². The first-order valence-corrected chi connectivity index (χ1v) is 33.9. The average Bonchev–Trinajstić information content (AvgIpc) is 3.42. The molecule has 0 saturated heterocycles. The fraction of sp³-hybridized carbons (Fsp3) is 0.857. The summed E-state index contributed by atoms with van der Waals surface area (Å²) in [6.45, 7) is 4.92. The van der Waals surface area contributed by atoms with Crippen molar-refractivity contribution in [3.63, 3.8) is 0 Å². The van der Waals surface area contributed by atoms with Crippen molar-refractivity contribution in [2.45, 2.75) is 373 Å². The number of nitrogens with one attached hydrogen (secondary N) is 1. The van der Waals surface area contributed by atoms with Crippen LogP contribution in [0.1, 0.15) is 361 Å². The second-order valence-corrected chi connectivity index (χ2v) is 23.1. The Morgan fingerprint density at radius 2 is 0.671 bits per heavy atom. The molecular formula is C70H131NO5. The second kappa shape index (κ2) is 65.3.